The number of hydrogen-bond acceptors (Lipinski definition) is 0. The van der Waals surface area contributed by atoms with Crippen LogP contribution in [0.15, 0.2) is 0 Å². The summed E-state index contributed by atoms with van der Waals surface area (Å²) in [5.41, 5.74) is 0. The van der Waals surface area contributed by atoms with E-state index in [1.165, 1.54) is 0 Å². The van der Waals surface area contributed by atoms with Crippen molar-refractivity contribution in [2.45, 2.75) is 0 Å². The van der Waals surface area contributed by atoms with Crippen LogP contribution in [0.25, 0.3) is 0 Å². The van der Waals surface area contributed by atoms with Gasteiger partial charge in [0.15, 0.2) is 0 Å². The van der Waals surface area contributed by atoms with Crippen LogP contribution in [-0.4, -0.2) is 23.9 Å². The third-order valence-corrected chi connectivity index (χ3v) is 0. The maximum atomic E-state index is 4.72. The first-order chi connectivity index (χ1) is 1.73. The van der Waals surface area contributed by atoms with Crippen LogP contribution in [0.1, 0.15) is 2.85 Å². The summed E-state index contributed by atoms with van der Waals surface area (Å²) < 4.78 is -0.167. The van der Waals surface area contributed by atoms with Crippen LogP contribution >= 0.6 is 34.8 Å². The Balaban J connectivity index is -0.0000000150. The summed E-state index contributed by atoms with van der Waals surface area (Å²) in [7, 11) is 0. The van der Waals surface area contributed by atoms with E-state index in [1.54, 1.807) is 0 Å². The van der Waals surface area contributed by atoms with Gasteiger partial charge in [0, 0.05) is 26.8 Å². The van der Waals surface area contributed by atoms with Gasteiger partial charge in [0.2, 0.25) is 4.30 Å². The molecule has 5 radical (unpaired) electrons. The maximum absolute atomic E-state index is 4.72. The molecule has 0 N–H and O–H groups in total. The fourth-order valence-electron chi connectivity index (χ4n) is 0. The van der Waals surface area contributed by atoms with Crippen molar-refractivity contribution in [1.29, 1.82) is 0 Å². The predicted molar refractivity (Wildman–Crippen MR) is 30.8 cm³/mol. The molecule has 0 unspecified atom stereocenters. The molecule has 0 nitrogen and oxygen atoms in total. The second-order valence-electron chi connectivity index (χ2n) is 0.214. The van der Waals surface area contributed by atoms with Crippen LogP contribution in [0.3, 0.4) is 0 Å². The van der Waals surface area contributed by atoms with Gasteiger partial charge in [-0.3, -0.25) is 0 Å². The van der Waals surface area contributed by atoms with Gasteiger partial charge in [0.1, 0.15) is 0 Å². The van der Waals surface area contributed by atoms with Gasteiger partial charge in [-0.1, -0.05) is 34.8 Å². The predicted octanol–water partition coefficient (Wildman–Crippen LogP) is 2.26. The smallest absolute Gasteiger partial charge is 0.0788 e. The average Bonchev–Trinajstić information content (AvgIpc) is 0.811. The van der Waals surface area contributed by atoms with E-state index >= 15 is 0 Å². The van der Waals surface area contributed by atoms with Crippen molar-refractivity contribution in [3.05, 3.63) is 4.30 Å². The number of halogens is 3. The molecular weight excluding hydrogens is 237 g/mol. The van der Waals surface area contributed by atoms with Gasteiger partial charge >= 0.3 is 0 Å². The van der Waals surface area contributed by atoms with Crippen LogP contribution in [0, 0.1) is 4.30 Å². The van der Waals surface area contributed by atoms with Crippen molar-refractivity contribution in [3.63, 3.8) is 0 Å². The van der Waals surface area contributed by atoms with Gasteiger partial charge in [-0.2, -0.15) is 0 Å². The molecule has 0 aromatic rings. The molecule has 0 saturated carbocycles. The van der Waals surface area contributed by atoms with Gasteiger partial charge < -0.3 is 0 Å². The second kappa shape index (κ2) is 5.67. The summed E-state index contributed by atoms with van der Waals surface area (Å²) in [5.74, 6) is 0. The Bertz CT molecular complexity index is 17.7. The Kier molecular flexibility index (Phi) is 11.1. The topological polar surface area (TPSA) is 0 Å². The fourth-order valence-corrected chi connectivity index (χ4v) is 0. The SMILES string of the molecule is Cl[C](Cl)Cl.[HH].[HH].[Sn]. The number of rotatable bonds is 0. The van der Waals surface area contributed by atoms with Crippen molar-refractivity contribution in [2.24, 2.45) is 0 Å². The van der Waals surface area contributed by atoms with Gasteiger partial charge in [0.25, 0.3) is 0 Å². The molecule has 0 rings (SSSR count). The zero-order chi connectivity index (χ0) is 3.58. The molecule has 0 atom stereocenters. The Hall–Kier alpha value is 1.67. The largest absolute Gasteiger partial charge is 0.236 e. The Morgan fingerprint density at radius 2 is 1.20 bits per heavy atom. The van der Waals surface area contributed by atoms with E-state index in [4.69, 9.17) is 34.8 Å². The quantitative estimate of drug-likeness (QED) is 0.570. The van der Waals surface area contributed by atoms with Crippen molar-refractivity contribution in [2.75, 3.05) is 0 Å². The molecule has 0 saturated heterocycles. The van der Waals surface area contributed by atoms with E-state index in [0.717, 1.165) is 0 Å². The molecular formula is CH4Cl3Sn. The van der Waals surface area contributed by atoms with E-state index in [-0.39, 0.29) is 31.1 Å². The zero-order valence-electron chi connectivity index (χ0n) is 2.13. The fraction of sp³-hybridized carbons (Fsp3) is 0. The molecule has 0 aliphatic heterocycles. The van der Waals surface area contributed by atoms with Crippen molar-refractivity contribution in [3.8, 4) is 0 Å². The van der Waals surface area contributed by atoms with Gasteiger partial charge in [0.05, 0.1) is 0 Å². The standard InChI is InChI=1S/CCl3.Sn.2H2/c2-1(3)4;;;/h;;2*1H. The van der Waals surface area contributed by atoms with E-state index in [1.807, 2.05) is 0 Å². The molecule has 33 valence electrons. The maximum Gasteiger partial charge on any atom is 0.236 e. The molecule has 0 amide bonds. The molecule has 0 aliphatic rings. The van der Waals surface area contributed by atoms with E-state index in [9.17, 15) is 0 Å². The molecule has 0 aromatic carbocycles. The summed E-state index contributed by atoms with van der Waals surface area (Å²) in [4.78, 5) is 0. The molecule has 0 heterocycles. The van der Waals surface area contributed by atoms with Crippen LogP contribution in [0.5, 0.6) is 0 Å². The summed E-state index contributed by atoms with van der Waals surface area (Å²) in [6, 6.07) is 0. The second-order valence-corrected chi connectivity index (χ2v) is 1.93. The van der Waals surface area contributed by atoms with Crippen molar-refractivity contribution >= 4 is 58.7 Å². The van der Waals surface area contributed by atoms with Gasteiger partial charge in [-0.25, -0.2) is 0 Å². The van der Waals surface area contributed by atoms with E-state index in [0.29, 0.717) is 0 Å². The van der Waals surface area contributed by atoms with E-state index in [2.05, 4.69) is 0 Å². The summed E-state index contributed by atoms with van der Waals surface area (Å²) in [5, 5.41) is 0. The van der Waals surface area contributed by atoms with Crippen molar-refractivity contribution in [1.82, 2.24) is 0 Å². The van der Waals surface area contributed by atoms with Gasteiger partial charge in [-0.15, -0.1) is 0 Å². The van der Waals surface area contributed by atoms with Crippen LogP contribution in [-0.2, 0) is 0 Å². The molecule has 0 spiro atoms. The molecule has 0 aromatic heterocycles. The molecule has 0 aliphatic carbocycles. The Morgan fingerprint density at radius 3 is 1.20 bits per heavy atom. The first kappa shape index (κ1) is 9.83. The summed E-state index contributed by atoms with van der Waals surface area (Å²) in [6.45, 7) is 0. The minimum Gasteiger partial charge on any atom is -0.0788 e. The third kappa shape index (κ3) is 27.4. The van der Waals surface area contributed by atoms with Crippen LogP contribution in [0.4, 0.5) is 0 Å². The molecule has 5 heavy (non-hydrogen) atoms. The number of hydrogen-bond donors (Lipinski definition) is 0. The van der Waals surface area contributed by atoms with Gasteiger partial charge in [-0.05, 0) is 0 Å². The first-order valence-electron chi connectivity index (χ1n) is 0.567. The first-order valence-corrected chi connectivity index (χ1v) is 1.70. The minimum atomic E-state index is -0.167. The molecule has 4 heteroatoms. The van der Waals surface area contributed by atoms with Crippen LogP contribution < -0.4 is 0 Å². The third-order valence-electron chi connectivity index (χ3n) is 0. The summed E-state index contributed by atoms with van der Waals surface area (Å²) in [6.07, 6.45) is 0. The average molecular weight is 241 g/mol. The van der Waals surface area contributed by atoms with E-state index < -0.39 is 0 Å². The molecule has 0 bridgehead atoms. The normalized spacial score (nSPS) is 7.20. The van der Waals surface area contributed by atoms with Crippen molar-refractivity contribution < 1.29 is 2.85 Å². The Labute approximate surface area is 65.7 Å². The summed E-state index contributed by atoms with van der Waals surface area (Å²) >= 11 is 14.2. The zero-order valence-corrected chi connectivity index (χ0v) is 7.26. The minimum absolute atomic E-state index is 0. The Morgan fingerprint density at radius 1 is 1.20 bits per heavy atom. The monoisotopic (exact) mass is 241 g/mol. The molecule has 0 fully saturated rings. The van der Waals surface area contributed by atoms with Crippen LogP contribution in [0.2, 0.25) is 0 Å².